The van der Waals surface area contributed by atoms with Crippen LogP contribution in [0.15, 0.2) is 59.3 Å². The van der Waals surface area contributed by atoms with Gasteiger partial charge in [-0.1, -0.05) is 12.1 Å². The molecule has 4 N–H and O–H groups in total. The summed E-state index contributed by atoms with van der Waals surface area (Å²) in [6, 6.07) is 9.08. The van der Waals surface area contributed by atoms with E-state index in [-0.39, 0.29) is 42.0 Å². The number of hydrogen-bond acceptors (Lipinski definition) is 6. The molecule has 2 aromatic rings. The fraction of sp³-hybridized carbons (Fsp3) is 0.250. The van der Waals surface area contributed by atoms with Gasteiger partial charge in [-0.2, -0.15) is 13.2 Å². The second-order valence-corrected chi connectivity index (χ2v) is 7.23. The number of thioether (sulfide) groups is 1. The number of nitrogens with zero attached hydrogens (tertiary/aromatic N) is 1. The van der Waals surface area contributed by atoms with E-state index in [1.54, 1.807) is 31.2 Å². The number of benzene rings is 1. The Hall–Kier alpha value is -3.01. The number of nitrogens with one attached hydrogen (secondary N) is 3. The van der Waals surface area contributed by atoms with Gasteiger partial charge >= 0.3 is 6.18 Å². The fourth-order valence-corrected chi connectivity index (χ4v) is 3.23. The van der Waals surface area contributed by atoms with Crippen LogP contribution in [0.2, 0.25) is 0 Å². The first-order valence-electron chi connectivity index (χ1n) is 8.88. The van der Waals surface area contributed by atoms with Gasteiger partial charge in [-0.15, -0.1) is 11.8 Å². The van der Waals surface area contributed by atoms with E-state index in [2.05, 4.69) is 15.6 Å². The van der Waals surface area contributed by atoms with Crippen LogP contribution in [0.5, 0.6) is 0 Å². The first kappa shape index (κ1) is 23.3. The van der Waals surface area contributed by atoms with E-state index in [0.29, 0.717) is 10.5 Å². The summed E-state index contributed by atoms with van der Waals surface area (Å²) < 4.78 is 37.6. The van der Waals surface area contributed by atoms with Gasteiger partial charge in [0.15, 0.2) is 0 Å². The van der Waals surface area contributed by atoms with Crippen LogP contribution in [-0.4, -0.2) is 40.6 Å². The largest absolute Gasteiger partial charge is 0.511 e. The second kappa shape index (κ2) is 10.7. The van der Waals surface area contributed by atoms with Crippen molar-refractivity contribution < 1.29 is 23.1 Å². The number of rotatable bonds is 9. The number of carbonyl (C=O) groups excluding carboxylic acids is 1. The van der Waals surface area contributed by atoms with Gasteiger partial charge in [-0.05, 0) is 37.3 Å². The van der Waals surface area contributed by atoms with Crippen molar-refractivity contribution in [3.8, 4) is 0 Å². The van der Waals surface area contributed by atoms with Gasteiger partial charge in [-0.25, -0.2) is 4.98 Å². The van der Waals surface area contributed by atoms with Crippen molar-refractivity contribution in [3.63, 3.8) is 0 Å². The molecule has 0 bridgehead atoms. The molecular weight excluding hydrogens is 417 g/mol. The summed E-state index contributed by atoms with van der Waals surface area (Å²) >= 11 is 1.27. The van der Waals surface area contributed by atoms with E-state index in [4.69, 9.17) is 5.41 Å². The highest BCUT2D eigenvalue weighted by Gasteiger charge is 2.30. The molecule has 0 unspecified atom stereocenters. The van der Waals surface area contributed by atoms with Crippen LogP contribution in [0.25, 0.3) is 0 Å². The van der Waals surface area contributed by atoms with Crippen molar-refractivity contribution in [3.05, 3.63) is 65.6 Å². The van der Waals surface area contributed by atoms with Crippen LogP contribution in [-0.2, 0) is 6.18 Å². The highest BCUT2D eigenvalue weighted by molar-refractivity contribution is 7.99. The first-order chi connectivity index (χ1) is 14.2. The summed E-state index contributed by atoms with van der Waals surface area (Å²) in [5.74, 6) is 0.224. The van der Waals surface area contributed by atoms with E-state index in [1.807, 2.05) is 0 Å². The molecule has 0 fully saturated rings. The molecule has 0 saturated heterocycles. The van der Waals surface area contributed by atoms with E-state index in [1.165, 1.54) is 23.9 Å². The number of aromatic nitrogens is 1. The van der Waals surface area contributed by atoms with Crippen molar-refractivity contribution in [2.75, 3.05) is 24.2 Å². The van der Waals surface area contributed by atoms with E-state index in [9.17, 15) is 23.1 Å². The number of carbonyl (C=O) groups is 1. The Morgan fingerprint density at radius 1 is 1.23 bits per heavy atom. The van der Waals surface area contributed by atoms with Crippen molar-refractivity contribution in [2.24, 2.45) is 0 Å². The minimum Gasteiger partial charge on any atom is -0.511 e. The van der Waals surface area contributed by atoms with E-state index < -0.39 is 11.7 Å². The standard InChI is InChI=1S/C20H21F3N4O2S/c1-13(24)10-15(28)12-30-17-5-3-2-4-16(17)19(29)26-9-8-25-18-7-6-14(11-27-18)20(21,22)23/h2-7,10-11,24,28H,8-9,12H2,1H3,(H,25,27)(H,26,29)/b15-10-,24-13?. The maximum atomic E-state index is 12.5. The molecule has 0 radical (unpaired) electrons. The summed E-state index contributed by atoms with van der Waals surface area (Å²) in [6.07, 6.45) is -2.34. The third-order valence-electron chi connectivity index (χ3n) is 3.70. The minimum atomic E-state index is -4.43. The van der Waals surface area contributed by atoms with Gasteiger partial charge in [0.2, 0.25) is 0 Å². The summed E-state index contributed by atoms with van der Waals surface area (Å²) in [5, 5.41) is 22.7. The lowest BCUT2D eigenvalue weighted by Crippen LogP contribution is -2.29. The van der Waals surface area contributed by atoms with Crippen molar-refractivity contribution in [1.29, 1.82) is 5.41 Å². The summed E-state index contributed by atoms with van der Waals surface area (Å²) in [4.78, 5) is 16.8. The fourth-order valence-electron chi connectivity index (χ4n) is 2.35. The number of aliphatic hydroxyl groups excluding tert-OH is 1. The number of hydrogen-bond donors (Lipinski definition) is 4. The third kappa shape index (κ3) is 7.43. The predicted molar refractivity (Wildman–Crippen MR) is 111 cm³/mol. The zero-order chi connectivity index (χ0) is 22.1. The molecule has 1 aromatic heterocycles. The third-order valence-corrected chi connectivity index (χ3v) is 4.80. The van der Waals surface area contributed by atoms with Gasteiger partial charge in [0.25, 0.3) is 5.91 Å². The maximum absolute atomic E-state index is 12.5. The second-order valence-electron chi connectivity index (χ2n) is 6.22. The molecular formula is C20H21F3N4O2S. The number of alkyl halides is 3. The molecule has 0 spiro atoms. The van der Waals surface area contributed by atoms with Crippen LogP contribution >= 0.6 is 11.8 Å². The first-order valence-corrected chi connectivity index (χ1v) is 9.87. The number of allylic oxidation sites excluding steroid dienone is 1. The molecule has 10 heteroatoms. The average Bonchev–Trinajstić information content (AvgIpc) is 2.69. The van der Waals surface area contributed by atoms with Crippen LogP contribution in [0.3, 0.4) is 0 Å². The molecule has 160 valence electrons. The smallest absolute Gasteiger partial charge is 0.417 e. The lowest BCUT2D eigenvalue weighted by atomic mass is 10.2. The van der Waals surface area contributed by atoms with Crippen LogP contribution < -0.4 is 10.6 Å². The molecule has 0 atom stereocenters. The van der Waals surface area contributed by atoms with E-state index >= 15 is 0 Å². The van der Waals surface area contributed by atoms with Gasteiger partial charge in [0, 0.05) is 29.9 Å². The summed E-state index contributed by atoms with van der Waals surface area (Å²) in [7, 11) is 0. The maximum Gasteiger partial charge on any atom is 0.417 e. The molecule has 0 aliphatic rings. The van der Waals surface area contributed by atoms with Crippen molar-refractivity contribution >= 4 is 29.2 Å². The van der Waals surface area contributed by atoms with Crippen molar-refractivity contribution in [1.82, 2.24) is 10.3 Å². The van der Waals surface area contributed by atoms with Crippen molar-refractivity contribution in [2.45, 2.75) is 18.0 Å². The van der Waals surface area contributed by atoms with Gasteiger partial charge < -0.3 is 21.1 Å². The van der Waals surface area contributed by atoms with Crippen LogP contribution in [0.1, 0.15) is 22.8 Å². The lowest BCUT2D eigenvalue weighted by Gasteiger charge is -2.11. The highest BCUT2D eigenvalue weighted by Crippen LogP contribution is 2.28. The molecule has 30 heavy (non-hydrogen) atoms. The number of pyridine rings is 1. The molecule has 1 heterocycles. The van der Waals surface area contributed by atoms with Crippen LogP contribution in [0, 0.1) is 5.41 Å². The van der Waals surface area contributed by atoms with Gasteiger partial charge in [0.1, 0.15) is 11.6 Å². The van der Waals surface area contributed by atoms with Gasteiger partial charge in [-0.3, -0.25) is 4.79 Å². The molecule has 0 saturated carbocycles. The molecule has 1 aromatic carbocycles. The Morgan fingerprint density at radius 3 is 2.60 bits per heavy atom. The van der Waals surface area contributed by atoms with E-state index in [0.717, 1.165) is 12.3 Å². The molecule has 1 amide bonds. The highest BCUT2D eigenvalue weighted by atomic mass is 32.2. The zero-order valence-corrected chi connectivity index (χ0v) is 16.9. The minimum absolute atomic E-state index is 0.0379. The molecule has 2 rings (SSSR count). The summed E-state index contributed by atoms with van der Waals surface area (Å²) in [6.45, 7) is 2.07. The molecule has 0 aliphatic heterocycles. The summed E-state index contributed by atoms with van der Waals surface area (Å²) in [5.41, 5.74) is -0.157. The average molecular weight is 438 g/mol. The van der Waals surface area contributed by atoms with Crippen LogP contribution in [0.4, 0.5) is 19.0 Å². The molecule has 0 aliphatic carbocycles. The Balaban J connectivity index is 1.86. The lowest BCUT2D eigenvalue weighted by molar-refractivity contribution is -0.137. The Labute approximate surface area is 176 Å². The normalized spacial score (nSPS) is 11.8. The number of aliphatic hydroxyl groups is 1. The quantitative estimate of drug-likeness (QED) is 0.200. The number of amides is 1. The monoisotopic (exact) mass is 438 g/mol. The topological polar surface area (TPSA) is 98.1 Å². The Morgan fingerprint density at radius 2 is 1.97 bits per heavy atom. The predicted octanol–water partition coefficient (Wildman–Crippen LogP) is 4.52. The molecule has 6 nitrogen and oxygen atoms in total. The SMILES string of the molecule is CC(=N)/C=C(\O)CSc1ccccc1C(=O)NCCNc1ccc(C(F)(F)F)cn1. The Kier molecular flexibility index (Phi) is 8.28. The number of anilines is 1. The number of halogens is 3. The van der Waals surface area contributed by atoms with Gasteiger partial charge in [0.05, 0.1) is 16.9 Å². The zero-order valence-electron chi connectivity index (χ0n) is 16.1. The Bertz CT molecular complexity index is 915.